The Morgan fingerprint density at radius 3 is 2.50 bits per heavy atom. The largest absolute Gasteiger partial charge is 0.371 e. The Hall–Kier alpha value is -0.420. The van der Waals surface area contributed by atoms with E-state index >= 15 is 0 Å². The average Bonchev–Trinajstić information content (AvgIpc) is 2.52. The van der Waals surface area contributed by atoms with Gasteiger partial charge in [-0.25, -0.2) is 0 Å². The van der Waals surface area contributed by atoms with Crippen LogP contribution in [0.1, 0.15) is 45.6 Å². The lowest BCUT2D eigenvalue weighted by Gasteiger charge is -2.30. The van der Waals surface area contributed by atoms with E-state index in [1.807, 2.05) is 32.0 Å². The van der Waals surface area contributed by atoms with E-state index in [0.717, 1.165) is 24.6 Å². The average molecular weight is 373 g/mol. The minimum absolute atomic E-state index is 0.153. The maximum atomic E-state index is 6.22. The van der Waals surface area contributed by atoms with Crippen LogP contribution in [0.5, 0.6) is 0 Å². The van der Waals surface area contributed by atoms with Gasteiger partial charge in [-0.3, -0.25) is 0 Å². The number of benzene rings is 1. The van der Waals surface area contributed by atoms with Gasteiger partial charge in [0, 0.05) is 11.9 Å². The fourth-order valence-electron chi connectivity index (χ4n) is 2.27. The predicted molar refractivity (Wildman–Crippen MR) is 94.3 cm³/mol. The Labute approximate surface area is 143 Å². The Bertz CT molecular complexity index is 385. The number of rotatable bonds is 12. The maximum absolute atomic E-state index is 6.22. The highest BCUT2D eigenvalue weighted by Gasteiger charge is 2.25. The van der Waals surface area contributed by atoms with Crippen LogP contribution in [0.4, 0.5) is 0 Å². The molecule has 1 rings (SSSR count). The number of hydrogen-bond donors (Lipinski definition) is 0. The third kappa shape index (κ3) is 8.28. The summed E-state index contributed by atoms with van der Waals surface area (Å²) >= 11 is 3.50. The van der Waals surface area contributed by atoms with Crippen molar-refractivity contribution in [1.29, 1.82) is 0 Å². The molecule has 0 aromatic heterocycles. The molecule has 3 nitrogen and oxygen atoms in total. The molecule has 0 aliphatic heterocycles. The zero-order chi connectivity index (χ0) is 16.3. The molecule has 0 N–H and O–H groups in total. The molecule has 0 bridgehead atoms. The van der Waals surface area contributed by atoms with E-state index in [1.54, 1.807) is 0 Å². The Morgan fingerprint density at radius 1 is 1.14 bits per heavy atom. The maximum Gasteiger partial charge on any atom is 0.154 e. The summed E-state index contributed by atoms with van der Waals surface area (Å²) in [5.41, 5.74) is 1.03. The fraction of sp³-hybridized carbons (Fsp3) is 0.667. The van der Waals surface area contributed by atoms with Crippen LogP contribution in [0, 0.1) is 0 Å². The summed E-state index contributed by atoms with van der Waals surface area (Å²) in [6.45, 7) is 8.04. The lowest BCUT2D eigenvalue weighted by molar-refractivity contribution is -0.143. The van der Waals surface area contributed by atoms with Gasteiger partial charge in [0.25, 0.3) is 0 Å². The highest BCUT2D eigenvalue weighted by atomic mass is 79.9. The van der Waals surface area contributed by atoms with Crippen LogP contribution in [0.2, 0.25) is 0 Å². The molecule has 1 aromatic rings. The van der Waals surface area contributed by atoms with Gasteiger partial charge < -0.3 is 14.2 Å². The van der Waals surface area contributed by atoms with Gasteiger partial charge in [0.15, 0.2) is 6.29 Å². The van der Waals surface area contributed by atoms with Gasteiger partial charge >= 0.3 is 0 Å². The van der Waals surface area contributed by atoms with Crippen LogP contribution in [0.25, 0.3) is 0 Å². The van der Waals surface area contributed by atoms with Gasteiger partial charge in [0.1, 0.15) is 0 Å². The van der Waals surface area contributed by atoms with E-state index in [-0.39, 0.29) is 11.9 Å². The molecule has 22 heavy (non-hydrogen) atoms. The van der Waals surface area contributed by atoms with E-state index < -0.39 is 0 Å². The summed E-state index contributed by atoms with van der Waals surface area (Å²) in [6.07, 6.45) is 2.81. The summed E-state index contributed by atoms with van der Waals surface area (Å²) in [5.74, 6) is 0. The SMILES string of the molecule is CCOC(C)OCC[C@](C)(CCCBr)OCc1ccccc1. The summed E-state index contributed by atoms with van der Waals surface area (Å²) in [4.78, 5) is 0. The highest BCUT2D eigenvalue weighted by molar-refractivity contribution is 9.09. The van der Waals surface area contributed by atoms with E-state index in [4.69, 9.17) is 14.2 Å². The van der Waals surface area contributed by atoms with Crippen molar-refractivity contribution in [2.45, 2.75) is 58.5 Å². The third-order valence-corrected chi connectivity index (χ3v) is 4.21. The minimum Gasteiger partial charge on any atom is -0.371 e. The highest BCUT2D eigenvalue weighted by Crippen LogP contribution is 2.24. The van der Waals surface area contributed by atoms with Gasteiger partial charge in [-0.15, -0.1) is 0 Å². The van der Waals surface area contributed by atoms with Crippen molar-refractivity contribution in [3.63, 3.8) is 0 Å². The normalized spacial score (nSPS) is 15.5. The molecule has 0 saturated carbocycles. The molecule has 0 radical (unpaired) electrons. The summed E-state index contributed by atoms with van der Waals surface area (Å²) in [6, 6.07) is 10.3. The minimum atomic E-state index is -0.171. The summed E-state index contributed by atoms with van der Waals surface area (Å²) in [5, 5.41) is 0.994. The first-order valence-corrected chi connectivity index (χ1v) is 9.19. The van der Waals surface area contributed by atoms with Crippen molar-refractivity contribution in [3.8, 4) is 0 Å². The van der Waals surface area contributed by atoms with Gasteiger partial charge in [0.2, 0.25) is 0 Å². The smallest absolute Gasteiger partial charge is 0.154 e. The second kappa shape index (κ2) is 11.2. The van der Waals surface area contributed by atoms with Crippen LogP contribution < -0.4 is 0 Å². The van der Waals surface area contributed by atoms with Crippen molar-refractivity contribution >= 4 is 15.9 Å². The summed E-state index contributed by atoms with van der Waals surface area (Å²) < 4.78 is 17.3. The molecule has 0 heterocycles. The van der Waals surface area contributed by atoms with Crippen LogP contribution in [-0.4, -0.2) is 30.4 Å². The van der Waals surface area contributed by atoms with Crippen molar-refractivity contribution in [1.82, 2.24) is 0 Å². The lowest BCUT2D eigenvalue weighted by Crippen LogP contribution is -2.31. The van der Waals surface area contributed by atoms with Crippen LogP contribution >= 0.6 is 15.9 Å². The van der Waals surface area contributed by atoms with Crippen LogP contribution in [0.3, 0.4) is 0 Å². The molecule has 1 unspecified atom stereocenters. The molecule has 0 aliphatic carbocycles. The van der Waals surface area contributed by atoms with Crippen LogP contribution in [0.15, 0.2) is 30.3 Å². The quantitative estimate of drug-likeness (QED) is 0.384. The van der Waals surface area contributed by atoms with Crippen LogP contribution in [-0.2, 0) is 20.8 Å². The molecule has 0 amide bonds. The Balaban J connectivity index is 2.45. The Morgan fingerprint density at radius 2 is 1.86 bits per heavy atom. The second-order valence-corrected chi connectivity index (χ2v) is 6.45. The number of hydrogen-bond acceptors (Lipinski definition) is 3. The second-order valence-electron chi connectivity index (χ2n) is 5.66. The van der Waals surface area contributed by atoms with E-state index in [2.05, 4.69) is 35.0 Å². The lowest BCUT2D eigenvalue weighted by atomic mass is 9.96. The first-order valence-electron chi connectivity index (χ1n) is 8.06. The molecule has 0 spiro atoms. The zero-order valence-corrected chi connectivity index (χ0v) is 15.6. The van der Waals surface area contributed by atoms with Crippen molar-refractivity contribution in [2.75, 3.05) is 18.5 Å². The van der Waals surface area contributed by atoms with Gasteiger partial charge in [-0.05, 0) is 45.6 Å². The van der Waals surface area contributed by atoms with Gasteiger partial charge in [-0.2, -0.15) is 0 Å². The number of ether oxygens (including phenoxy) is 3. The van der Waals surface area contributed by atoms with Gasteiger partial charge in [0.05, 0.1) is 18.8 Å². The molecule has 0 aliphatic rings. The van der Waals surface area contributed by atoms with E-state index in [9.17, 15) is 0 Å². The molecule has 0 fully saturated rings. The van der Waals surface area contributed by atoms with Crippen molar-refractivity contribution < 1.29 is 14.2 Å². The first-order chi connectivity index (χ1) is 10.6. The molecule has 0 saturated heterocycles. The molecule has 4 heteroatoms. The third-order valence-electron chi connectivity index (χ3n) is 3.65. The number of alkyl halides is 1. The van der Waals surface area contributed by atoms with E-state index in [1.165, 1.54) is 5.56 Å². The first kappa shape index (κ1) is 19.6. The Kier molecular flexibility index (Phi) is 9.96. The molecule has 126 valence electrons. The topological polar surface area (TPSA) is 27.7 Å². The monoisotopic (exact) mass is 372 g/mol. The molecule has 2 atom stereocenters. The molecule has 1 aromatic carbocycles. The fourth-order valence-corrected chi connectivity index (χ4v) is 2.55. The standard InChI is InChI=1S/C18H29BrO3/c1-4-20-16(2)21-14-12-18(3,11-8-13-19)22-15-17-9-6-5-7-10-17/h5-7,9-10,16H,4,8,11-15H2,1-3H3/t16?,18-/m0/s1. The van der Waals surface area contributed by atoms with Crippen molar-refractivity contribution in [3.05, 3.63) is 35.9 Å². The number of halogens is 1. The molecular weight excluding hydrogens is 344 g/mol. The summed E-state index contributed by atoms with van der Waals surface area (Å²) in [7, 11) is 0. The predicted octanol–water partition coefficient (Wildman–Crippen LogP) is 4.93. The molecular formula is C18H29BrO3. The van der Waals surface area contributed by atoms with Crippen molar-refractivity contribution in [2.24, 2.45) is 0 Å². The van der Waals surface area contributed by atoms with Gasteiger partial charge in [-0.1, -0.05) is 46.3 Å². The van der Waals surface area contributed by atoms with E-state index in [0.29, 0.717) is 19.8 Å². The zero-order valence-electron chi connectivity index (χ0n) is 14.0.